The van der Waals surface area contributed by atoms with Crippen LogP contribution in [0.1, 0.15) is 27.0 Å². The van der Waals surface area contributed by atoms with Crippen molar-refractivity contribution in [2.75, 3.05) is 22.6 Å². The minimum atomic E-state index is -0.157. The Hall–Kier alpha value is -5.17. The van der Waals surface area contributed by atoms with E-state index in [9.17, 15) is 4.79 Å². The van der Waals surface area contributed by atoms with Crippen molar-refractivity contribution in [1.82, 2.24) is 9.97 Å². The maximum Gasteiger partial charge on any atom is 0.255 e. The predicted octanol–water partition coefficient (Wildman–Crippen LogP) is 6.92. The molecule has 7 nitrogen and oxygen atoms in total. The van der Waals surface area contributed by atoms with Crippen molar-refractivity contribution >= 4 is 34.3 Å². The van der Waals surface area contributed by atoms with E-state index in [2.05, 4.69) is 55.8 Å². The zero-order valence-electron chi connectivity index (χ0n) is 22.2. The second-order valence-electron chi connectivity index (χ2n) is 9.67. The van der Waals surface area contributed by atoms with Gasteiger partial charge >= 0.3 is 0 Å². The lowest BCUT2D eigenvalue weighted by Gasteiger charge is -2.27. The molecule has 198 valence electrons. The smallest absolute Gasteiger partial charge is 0.255 e. The number of pyridine rings is 2. The highest BCUT2D eigenvalue weighted by Crippen LogP contribution is 2.38. The Morgan fingerprint density at radius 1 is 0.775 bits per heavy atom. The number of aryl methyl sites for hydroxylation is 2. The number of nitrogens with one attached hydrogen (secondary N) is 2. The average molecular weight is 528 g/mol. The van der Waals surface area contributed by atoms with Gasteiger partial charge in [0.1, 0.15) is 5.75 Å². The minimum absolute atomic E-state index is 0.157. The van der Waals surface area contributed by atoms with Gasteiger partial charge in [0.2, 0.25) is 0 Å². The van der Waals surface area contributed by atoms with Crippen molar-refractivity contribution in [3.63, 3.8) is 0 Å². The Bertz CT molecular complexity index is 1620. The number of methoxy groups -OCH3 is 1. The number of carbonyl (C=O) groups is 1. The molecule has 2 N–H and O–H groups in total. The standard InChI is InChI=1S/C33H29N5O2/c1-40-30-12-2-23(3-13-30)22-38-31-16-19-35-21-26(31)5-4-24-6-11-29(20-32(24)38)37-33(39)25-7-9-27(10-8-25)36-28-14-17-34-18-15-28/h2-3,6-21H,4-5,22H2,1H3,(H,34,36)(H,37,39). The number of hydrogen-bond donors (Lipinski definition) is 2. The fraction of sp³-hybridized carbons (Fsp3) is 0.121. The molecule has 0 saturated heterocycles. The predicted molar refractivity (Wildman–Crippen MR) is 159 cm³/mol. The second kappa shape index (κ2) is 11.3. The number of ether oxygens (including phenoxy) is 1. The number of aromatic nitrogens is 2. The van der Waals surface area contributed by atoms with Gasteiger partial charge < -0.3 is 20.3 Å². The van der Waals surface area contributed by atoms with Crippen molar-refractivity contribution in [2.24, 2.45) is 0 Å². The van der Waals surface area contributed by atoms with Crippen molar-refractivity contribution in [3.8, 4) is 5.75 Å². The minimum Gasteiger partial charge on any atom is -0.497 e. The summed E-state index contributed by atoms with van der Waals surface area (Å²) in [5, 5.41) is 6.41. The molecule has 1 aliphatic heterocycles. The molecule has 40 heavy (non-hydrogen) atoms. The van der Waals surface area contributed by atoms with Crippen molar-refractivity contribution in [2.45, 2.75) is 19.4 Å². The van der Waals surface area contributed by atoms with E-state index >= 15 is 0 Å². The first-order valence-corrected chi connectivity index (χ1v) is 13.2. The van der Waals surface area contributed by atoms with Crippen molar-refractivity contribution in [3.05, 3.63) is 132 Å². The van der Waals surface area contributed by atoms with Gasteiger partial charge in [-0.05, 0) is 96.3 Å². The van der Waals surface area contributed by atoms with E-state index in [0.717, 1.165) is 52.6 Å². The molecular formula is C33H29N5O2. The topological polar surface area (TPSA) is 79.4 Å². The Labute approximate surface area is 233 Å². The molecule has 6 rings (SSSR count). The summed E-state index contributed by atoms with van der Waals surface area (Å²) in [6.45, 7) is 0.678. The molecule has 0 aliphatic carbocycles. The lowest BCUT2D eigenvalue weighted by atomic mass is 10.0. The monoisotopic (exact) mass is 527 g/mol. The van der Waals surface area contributed by atoms with E-state index in [1.54, 1.807) is 19.5 Å². The van der Waals surface area contributed by atoms with Crippen LogP contribution in [0.25, 0.3) is 0 Å². The number of hydrogen-bond acceptors (Lipinski definition) is 6. The van der Waals surface area contributed by atoms with E-state index < -0.39 is 0 Å². The van der Waals surface area contributed by atoms with Gasteiger partial charge in [-0.25, -0.2) is 0 Å². The molecule has 0 bridgehead atoms. The normalized spacial score (nSPS) is 12.1. The molecule has 3 aromatic carbocycles. The SMILES string of the molecule is COc1ccc(CN2c3ccncc3CCc3ccc(NC(=O)c4ccc(Nc5ccncc5)cc4)cc32)cc1. The average Bonchev–Trinajstić information content (AvgIpc) is 3.15. The summed E-state index contributed by atoms with van der Waals surface area (Å²) in [5.41, 5.74) is 8.98. The number of nitrogens with zero attached hydrogens (tertiary/aromatic N) is 3. The molecule has 5 aromatic rings. The molecule has 0 fully saturated rings. The Morgan fingerprint density at radius 3 is 2.25 bits per heavy atom. The third kappa shape index (κ3) is 5.49. The van der Waals surface area contributed by atoms with Gasteiger partial charge in [0.15, 0.2) is 0 Å². The first kappa shape index (κ1) is 25.1. The third-order valence-electron chi connectivity index (χ3n) is 7.08. The van der Waals surface area contributed by atoms with Crippen LogP contribution in [0.15, 0.2) is 110 Å². The van der Waals surface area contributed by atoms with E-state index in [-0.39, 0.29) is 5.91 Å². The van der Waals surface area contributed by atoms with E-state index in [1.165, 1.54) is 11.1 Å². The zero-order chi connectivity index (χ0) is 27.3. The summed E-state index contributed by atoms with van der Waals surface area (Å²) in [4.78, 5) is 23.9. The number of fused-ring (bicyclic) bond motifs is 2. The molecule has 0 radical (unpaired) electrons. The van der Waals surface area contributed by atoms with Crippen LogP contribution in [0.2, 0.25) is 0 Å². The maximum absolute atomic E-state index is 13.2. The Balaban J connectivity index is 1.25. The highest BCUT2D eigenvalue weighted by Gasteiger charge is 2.22. The largest absolute Gasteiger partial charge is 0.497 e. The summed E-state index contributed by atoms with van der Waals surface area (Å²) in [6, 6.07) is 27.6. The van der Waals surface area contributed by atoms with Gasteiger partial charge in [-0.15, -0.1) is 0 Å². The van der Waals surface area contributed by atoms with Crippen LogP contribution in [-0.2, 0) is 19.4 Å². The van der Waals surface area contributed by atoms with Gasteiger partial charge in [-0.1, -0.05) is 18.2 Å². The van der Waals surface area contributed by atoms with E-state index in [0.29, 0.717) is 12.1 Å². The summed E-state index contributed by atoms with van der Waals surface area (Å²) in [6.07, 6.45) is 9.06. The molecule has 1 aliphatic rings. The van der Waals surface area contributed by atoms with Crippen molar-refractivity contribution in [1.29, 1.82) is 0 Å². The fourth-order valence-corrected chi connectivity index (χ4v) is 4.97. The first-order valence-electron chi connectivity index (χ1n) is 13.2. The summed E-state index contributed by atoms with van der Waals surface area (Å²) < 4.78 is 5.35. The van der Waals surface area contributed by atoms with Gasteiger partial charge in [0.25, 0.3) is 5.91 Å². The molecule has 0 spiro atoms. The van der Waals surface area contributed by atoms with Crippen LogP contribution in [-0.4, -0.2) is 23.0 Å². The molecule has 0 saturated carbocycles. The van der Waals surface area contributed by atoms with E-state index in [4.69, 9.17) is 4.74 Å². The zero-order valence-corrected chi connectivity index (χ0v) is 22.2. The number of benzene rings is 3. The summed E-state index contributed by atoms with van der Waals surface area (Å²) >= 11 is 0. The molecule has 7 heteroatoms. The molecule has 0 atom stereocenters. The summed E-state index contributed by atoms with van der Waals surface area (Å²) in [7, 11) is 1.67. The van der Waals surface area contributed by atoms with Crippen LogP contribution < -0.4 is 20.3 Å². The lowest BCUT2D eigenvalue weighted by molar-refractivity contribution is 0.102. The molecule has 2 aromatic heterocycles. The van der Waals surface area contributed by atoms with Gasteiger partial charge in [-0.2, -0.15) is 0 Å². The fourth-order valence-electron chi connectivity index (χ4n) is 4.97. The van der Waals surface area contributed by atoms with Crippen molar-refractivity contribution < 1.29 is 9.53 Å². The van der Waals surface area contributed by atoms with Crippen LogP contribution >= 0.6 is 0 Å². The quantitative estimate of drug-likeness (QED) is 0.239. The van der Waals surface area contributed by atoms with Gasteiger partial charge in [0, 0.05) is 65.3 Å². The van der Waals surface area contributed by atoms with Crippen LogP contribution in [0, 0.1) is 0 Å². The lowest BCUT2D eigenvalue weighted by Crippen LogP contribution is -2.19. The number of carbonyl (C=O) groups excluding carboxylic acids is 1. The number of amides is 1. The molecule has 3 heterocycles. The van der Waals surface area contributed by atoms with Gasteiger partial charge in [-0.3, -0.25) is 14.8 Å². The number of anilines is 5. The van der Waals surface area contributed by atoms with Crippen LogP contribution in [0.4, 0.5) is 28.4 Å². The van der Waals surface area contributed by atoms with E-state index in [1.807, 2.05) is 67.0 Å². The van der Waals surface area contributed by atoms with Crippen LogP contribution in [0.3, 0.4) is 0 Å². The Kier molecular flexibility index (Phi) is 7.09. The second-order valence-corrected chi connectivity index (χ2v) is 9.67. The number of rotatable bonds is 7. The highest BCUT2D eigenvalue weighted by molar-refractivity contribution is 6.04. The Morgan fingerprint density at radius 2 is 1.48 bits per heavy atom. The maximum atomic E-state index is 13.2. The highest BCUT2D eigenvalue weighted by atomic mass is 16.5. The molecule has 0 unspecified atom stereocenters. The third-order valence-corrected chi connectivity index (χ3v) is 7.08. The molecular weight excluding hydrogens is 498 g/mol. The van der Waals surface area contributed by atoms with Crippen LogP contribution in [0.5, 0.6) is 5.75 Å². The molecule has 1 amide bonds. The first-order chi connectivity index (χ1) is 19.7. The van der Waals surface area contributed by atoms with Gasteiger partial charge in [0.05, 0.1) is 7.11 Å². The summed E-state index contributed by atoms with van der Waals surface area (Å²) in [5.74, 6) is 0.672.